The molecule has 3 N–H and O–H groups in total. The van der Waals surface area contributed by atoms with Crippen LogP contribution >= 0.6 is 12.4 Å². The highest BCUT2D eigenvalue weighted by molar-refractivity contribution is 5.85. The van der Waals surface area contributed by atoms with Gasteiger partial charge in [0.25, 0.3) is 0 Å². The van der Waals surface area contributed by atoms with E-state index in [1.165, 1.54) is 6.07 Å². The van der Waals surface area contributed by atoms with Crippen LogP contribution in [0.1, 0.15) is 12.0 Å². The fourth-order valence-corrected chi connectivity index (χ4v) is 1.27. The summed E-state index contributed by atoms with van der Waals surface area (Å²) in [5, 5.41) is 8.44. The molecule has 1 aromatic rings. The van der Waals surface area contributed by atoms with Crippen LogP contribution in [0.25, 0.3) is 0 Å². The van der Waals surface area contributed by atoms with Gasteiger partial charge in [-0.3, -0.25) is 4.79 Å². The van der Waals surface area contributed by atoms with Gasteiger partial charge in [0.15, 0.2) is 0 Å². The van der Waals surface area contributed by atoms with Gasteiger partial charge in [-0.2, -0.15) is 0 Å². The van der Waals surface area contributed by atoms with Crippen molar-refractivity contribution in [2.75, 3.05) is 0 Å². The van der Waals surface area contributed by atoms with E-state index in [9.17, 15) is 13.6 Å². The predicted octanol–water partition coefficient (Wildman–Crippen LogP) is 1.73. The van der Waals surface area contributed by atoms with Crippen molar-refractivity contribution in [3.8, 4) is 0 Å². The van der Waals surface area contributed by atoms with Gasteiger partial charge in [0.1, 0.15) is 11.6 Å². The van der Waals surface area contributed by atoms with Gasteiger partial charge in [0, 0.05) is 12.1 Å². The standard InChI is InChI=1S/C10H11F2NO2.ClH/c11-7-2-1-6(9(12)4-7)3-8(13)5-10(14)15;/h1-2,4,8H,3,5,13H2,(H,14,15);1H/t8-;/m0./s1. The van der Waals surface area contributed by atoms with E-state index >= 15 is 0 Å². The molecule has 0 aromatic heterocycles. The van der Waals surface area contributed by atoms with Crippen molar-refractivity contribution in [2.45, 2.75) is 18.9 Å². The number of rotatable bonds is 4. The van der Waals surface area contributed by atoms with E-state index in [2.05, 4.69) is 0 Å². The molecule has 0 aliphatic carbocycles. The third-order valence-electron chi connectivity index (χ3n) is 1.93. The first-order chi connectivity index (χ1) is 6.99. The Labute approximate surface area is 97.7 Å². The van der Waals surface area contributed by atoms with Crippen LogP contribution in [0.15, 0.2) is 18.2 Å². The Hall–Kier alpha value is -1.20. The second-order valence-electron chi connectivity index (χ2n) is 3.30. The maximum absolute atomic E-state index is 13.1. The van der Waals surface area contributed by atoms with E-state index in [1.54, 1.807) is 0 Å². The molecule has 0 saturated heterocycles. The van der Waals surface area contributed by atoms with Gasteiger partial charge >= 0.3 is 5.97 Å². The molecule has 1 atom stereocenters. The molecule has 90 valence electrons. The number of carboxylic acid groups (broad SMARTS) is 1. The lowest BCUT2D eigenvalue weighted by Gasteiger charge is -2.09. The second kappa shape index (κ2) is 6.40. The second-order valence-corrected chi connectivity index (χ2v) is 3.30. The lowest BCUT2D eigenvalue weighted by Crippen LogP contribution is -2.26. The summed E-state index contributed by atoms with van der Waals surface area (Å²) in [6.07, 6.45) is -0.158. The predicted molar refractivity (Wildman–Crippen MR) is 57.5 cm³/mol. The average Bonchev–Trinajstić information content (AvgIpc) is 2.08. The van der Waals surface area contributed by atoms with Gasteiger partial charge in [-0.05, 0) is 18.1 Å². The largest absolute Gasteiger partial charge is 0.481 e. The highest BCUT2D eigenvalue weighted by Gasteiger charge is 2.12. The minimum absolute atomic E-state index is 0. The van der Waals surface area contributed by atoms with Gasteiger partial charge in [-0.15, -0.1) is 12.4 Å². The van der Waals surface area contributed by atoms with Crippen LogP contribution in [-0.2, 0) is 11.2 Å². The van der Waals surface area contributed by atoms with Crippen LogP contribution in [0.4, 0.5) is 8.78 Å². The van der Waals surface area contributed by atoms with E-state index in [0.717, 1.165) is 12.1 Å². The zero-order valence-electron chi connectivity index (χ0n) is 8.32. The Morgan fingerprint density at radius 3 is 2.56 bits per heavy atom. The third-order valence-corrected chi connectivity index (χ3v) is 1.93. The summed E-state index contributed by atoms with van der Waals surface area (Å²) in [6.45, 7) is 0. The summed E-state index contributed by atoms with van der Waals surface area (Å²) in [5.41, 5.74) is 5.70. The summed E-state index contributed by atoms with van der Waals surface area (Å²) in [6, 6.07) is 2.48. The van der Waals surface area contributed by atoms with Crippen molar-refractivity contribution in [2.24, 2.45) is 5.73 Å². The monoisotopic (exact) mass is 251 g/mol. The summed E-state index contributed by atoms with van der Waals surface area (Å²) in [7, 11) is 0. The zero-order chi connectivity index (χ0) is 11.4. The smallest absolute Gasteiger partial charge is 0.304 e. The van der Waals surface area contributed by atoms with Crippen LogP contribution in [0.5, 0.6) is 0 Å². The number of hydrogen-bond acceptors (Lipinski definition) is 2. The van der Waals surface area contributed by atoms with Crippen LogP contribution in [0.2, 0.25) is 0 Å². The number of halogens is 3. The quantitative estimate of drug-likeness (QED) is 0.857. The number of hydrogen-bond donors (Lipinski definition) is 2. The van der Waals surface area contributed by atoms with E-state index in [-0.39, 0.29) is 30.8 Å². The highest BCUT2D eigenvalue weighted by Crippen LogP contribution is 2.12. The number of carboxylic acids is 1. The Morgan fingerprint density at radius 2 is 2.06 bits per heavy atom. The van der Waals surface area contributed by atoms with Gasteiger partial charge in [-0.1, -0.05) is 6.07 Å². The van der Waals surface area contributed by atoms with E-state index in [4.69, 9.17) is 10.8 Å². The first kappa shape index (κ1) is 14.8. The van der Waals surface area contributed by atoms with E-state index in [1.807, 2.05) is 0 Å². The van der Waals surface area contributed by atoms with E-state index in [0.29, 0.717) is 0 Å². The van der Waals surface area contributed by atoms with Crippen molar-refractivity contribution < 1.29 is 18.7 Å². The van der Waals surface area contributed by atoms with Crippen LogP contribution in [0, 0.1) is 11.6 Å². The van der Waals surface area contributed by atoms with Gasteiger partial charge in [0.2, 0.25) is 0 Å². The van der Waals surface area contributed by atoms with Crippen molar-refractivity contribution in [3.05, 3.63) is 35.4 Å². The molecular weight excluding hydrogens is 240 g/mol. The molecule has 0 fully saturated rings. The number of aliphatic carboxylic acids is 1. The van der Waals surface area contributed by atoms with Crippen molar-refractivity contribution >= 4 is 18.4 Å². The van der Waals surface area contributed by atoms with Crippen molar-refractivity contribution in [1.82, 2.24) is 0 Å². The maximum atomic E-state index is 13.1. The third kappa shape index (κ3) is 4.55. The van der Waals surface area contributed by atoms with E-state index < -0.39 is 23.6 Å². The molecule has 0 saturated carbocycles. The molecule has 3 nitrogen and oxygen atoms in total. The zero-order valence-corrected chi connectivity index (χ0v) is 9.14. The Morgan fingerprint density at radius 1 is 1.44 bits per heavy atom. The SMILES string of the molecule is Cl.N[C@H](CC(=O)O)Cc1ccc(F)cc1F. The van der Waals surface area contributed by atoms with Crippen molar-refractivity contribution in [1.29, 1.82) is 0 Å². The molecule has 0 aliphatic heterocycles. The molecule has 6 heteroatoms. The first-order valence-corrected chi connectivity index (χ1v) is 4.40. The number of nitrogens with two attached hydrogens (primary N) is 1. The molecule has 0 unspecified atom stereocenters. The van der Waals surface area contributed by atoms with Gasteiger partial charge in [0.05, 0.1) is 6.42 Å². The minimum atomic E-state index is -1.04. The number of benzene rings is 1. The summed E-state index contributed by atoms with van der Waals surface area (Å²) in [5.74, 6) is -2.40. The molecule has 0 radical (unpaired) electrons. The Kier molecular flexibility index (Phi) is 5.92. The molecule has 0 spiro atoms. The molecule has 1 aromatic carbocycles. The van der Waals surface area contributed by atoms with Crippen LogP contribution < -0.4 is 5.73 Å². The molecule has 16 heavy (non-hydrogen) atoms. The van der Waals surface area contributed by atoms with Crippen LogP contribution in [-0.4, -0.2) is 17.1 Å². The average molecular weight is 252 g/mol. The molecule has 1 rings (SSSR count). The normalized spacial score (nSPS) is 11.7. The fraction of sp³-hybridized carbons (Fsp3) is 0.300. The minimum Gasteiger partial charge on any atom is -0.481 e. The summed E-state index contributed by atoms with van der Waals surface area (Å²) >= 11 is 0. The van der Waals surface area contributed by atoms with Crippen LogP contribution in [0.3, 0.4) is 0 Å². The number of carbonyl (C=O) groups is 1. The molecular formula is C10H12ClF2NO2. The lowest BCUT2D eigenvalue weighted by atomic mass is 10.0. The summed E-state index contributed by atoms with van der Waals surface area (Å²) in [4.78, 5) is 10.3. The Bertz CT molecular complexity index is 374. The van der Waals surface area contributed by atoms with Gasteiger partial charge < -0.3 is 10.8 Å². The first-order valence-electron chi connectivity index (χ1n) is 4.40. The fourth-order valence-electron chi connectivity index (χ4n) is 1.27. The molecule has 0 amide bonds. The molecule has 0 heterocycles. The highest BCUT2D eigenvalue weighted by atomic mass is 35.5. The lowest BCUT2D eigenvalue weighted by molar-refractivity contribution is -0.137. The molecule has 0 aliphatic rings. The van der Waals surface area contributed by atoms with Gasteiger partial charge in [-0.25, -0.2) is 8.78 Å². The maximum Gasteiger partial charge on any atom is 0.304 e. The van der Waals surface area contributed by atoms with Crippen molar-refractivity contribution in [3.63, 3.8) is 0 Å². The topological polar surface area (TPSA) is 63.3 Å². The summed E-state index contributed by atoms with van der Waals surface area (Å²) < 4.78 is 25.6. The molecule has 0 bridgehead atoms. The Balaban J connectivity index is 0.00000225.